The minimum atomic E-state index is 0.193. The van der Waals surface area contributed by atoms with Crippen molar-refractivity contribution < 1.29 is 4.79 Å². The van der Waals surface area contributed by atoms with Gasteiger partial charge in [-0.05, 0) is 66.4 Å². The van der Waals surface area contributed by atoms with Crippen LogP contribution in [0.2, 0.25) is 0 Å². The lowest BCUT2D eigenvalue weighted by atomic mass is 10.0. The minimum absolute atomic E-state index is 0.193. The monoisotopic (exact) mass is 234 g/mol. The van der Waals surface area contributed by atoms with Crippen LogP contribution in [0.25, 0.3) is 0 Å². The van der Waals surface area contributed by atoms with E-state index in [-0.39, 0.29) is 5.78 Å². The molecule has 0 saturated carbocycles. The molecule has 17 heavy (non-hydrogen) atoms. The first-order chi connectivity index (χ1) is 7.84. The van der Waals surface area contributed by atoms with Crippen molar-refractivity contribution in [3.63, 3.8) is 0 Å². The molecule has 0 bridgehead atoms. The first kappa shape index (κ1) is 15.9. The highest BCUT2D eigenvalue weighted by Gasteiger charge is 2.03. The summed E-state index contributed by atoms with van der Waals surface area (Å²) in [5.41, 5.74) is 4.81. The zero-order valence-electron chi connectivity index (χ0n) is 12.2. The van der Waals surface area contributed by atoms with Crippen LogP contribution in [-0.2, 0) is 4.79 Å². The number of allylic oxidation sites excluding steroid dienone is 6. The molecule has 0 saturated heterocycles. The van der Waals surface area contributed by atoms with E-state index >= 15 is 0 Å². The van der Waals surface area contributed by atoms with Crippen molar-refractivity contribution in [3.8, 4) is 0 Å². The van der Waals surface area contributed by atoms with Crippen molar-refractivity contribution in [3.05, 3.63) is 34.4 Å². The van der Waals surface area contributed by atoms with Crippen molar-refractivity contribution in [1.29, 1.82) is 0 Å². The Morgan fingerprint density at radius 1 is 0.941 bits per heavy atom. The molecule has 1 heteroatoms. The molecule has 96 valence electrons. The van der Waals surface area contributed by atoms with E-state index in [1.54, 1.807) is 6.92 Å². The molecule has 0 fully saturated rings. The van der Waals surface area contributed by atoms with Gasteiger partial charge in [0.05, 0.1) is 0 Å². The Morgan fingerprint density at radius 2 is 1.53 bits per heavy atom. The van der Waals surface area contributed by atoms with Gasteiger partial charge in [0.2, 0.25) is 0 Å². The van der Waals surface area contributed by atoms with Gasteiger partial charge >= 0.3 is 0 Å². The van der Waals surface area contributed by atoms with E-state index in [0.29, 0.717) is 0 Å². The lowest BCUT2D eigenvalue weighted by molar-refractivity contribution is -0.113. The third-order valence-electron chi connectivity index (χ3n) is 2.77. The van der Waals surface area contributed by atoms with Crippen LogP contribution in [0.3, 0.4) is 0 Å². The Hall–Kier alpha value is -1.11. The minimum Gasteiger partial charge on any atom is -0.295 e. The first-order valence-corrected chi connectivity index (χ1v) is 6.31. The van der Waals surface area contributed by atoms with Gasteiger partial charge in [-0.15, -0.1) is 0 Å². The van der Waals surface area contributed by atoms with Crippen molar-refractivity contribution in [2.24, 2.45) is 0 Å². The zero-order chi connectivity index (χ0) is 13.4. The van der Waals surface area contributed by atoms with Gasteiger partial charge < -0.3 is 0 Å². The van der Waals surface area contributed by atoms with E-state index in [4.69, 9.17) is 0 Å². The van der Waals surface area contributed by atoms with E-state index < -0.39 is 0 Å². The van der Waals surface area contributed by atoms with Gasteiger partial charge in [-0.2, -0.15) is 0 Å². The molecule has 0 rings (SSSR count). The standard InChI is InChI=1S/C16H26O/c1-12(2)8-7-9-14(5)10-11-16(13(3)4)15(6)17/h8,10H,7,9,11H2,1-6H3/b14-10+. The predicted molar refractivity (Wildman–Crippen MR) is 76.1 cm³/mol. The van der Waals surface area contributed by atoms with E-state index in [0.717, 1.165) is 30.4 Å². The first-order valence-electron chi connectivity index (χ1n) is 6.31. The average molecular weight is 234 g/mol. The van der Waals surface area contributed by atoms with Crippen LogP contribution in [0.5, 0.6) is 0 Å². The van der Waals surface area contributed by atoms with E-state index in [1.807, 2.05) is 13.8 Å². The van der Waals surface area contributed by atoms with Crippen molar-refractivity contribution in [2.45, 2.75) is 60.8 Å². The van der Waals surface area contributed by atoms with Crippen molar-refractivity contribution >= 4 is 5.78 Å². The average Bonchev–Trinajstić information content (AvgIpc) is 2.15. The topological polar surface area (TPSA) is 17.1 Å². The number of rotatable bonds is 6. The largest absolute Gasteiger partial charge is 0.295 e. The maximum absolute atomic E-state index is 11.4. The Balaban J connectivity index is 4.37. The van der Waals surface area contributed by atoms with Crippen LogP contribution in [-0.4, -0.2) is 5.78 Å². The fourth-order valence-electron chi connectivity index (χ4n) is 1.67. The molecule has 0 aliphatic carbocycles. The lowest BCUT2D eigenvalue weighted by Gasteiger charge is -2.04. The molecule has 0 aliphatic rings. The predicted octanol–water partition coefficient (Wildman–Crippen LogP) is 4.99. The molecule has 0 amide bonds. The van der Waals surface area contributed by atoms with Gasteiger partial charge in [-0.3, -0.25) is 4.79 Å². The third kappa shape index (κ3) is 7.73. The van der Waals surface area contributed by atoms with Gasteiger partial charge in [0, 0.05) is 0 Å². The number of carbonyl (C=O) groups excluding carboxylic acids is 1. The summed E-state index contributed by atoms with van der Waals surface area (Å²) in [5.74, 6) is 0.193. The molecule has 0 radical (unpaired) electrons. The Kier molecular flexibility index (Phi) is 7.53. The zero-order valence-corrected chi connectivity index (χ0v) is 12.2. The molecule has 0 heterocycles. The highest BCUT2D eigenvalue weighted by Crippen LogP contribution is 2.14. The molecule has 0 aromatic carbocycles. The summed E-state index contributed by atoms with van der Waals surface area (Å²) in [4.78, 5) is 11.4. The van der Waals surface area contributed by atoms with E-state index in [9.17, 15) is 4.79 Å². The Labute approximate surface area is 106 Å². The second-order valence-electron chi connectivity index (χ2n) is 5.11. The SMILES string of the molecule is CC(=O)C(C/C=C(\C)CCC=C(C)C)=C(C)C. The second-order valence-corrected chi connectivity index (χ2v) is 5.11. The molecule has 0 aliphatic heterocycles. The summed E-state index contributed by atoms with van der Waals surface area (Å²) < 4.78 is 0. The fraction of sp³-hybridized carbons (Fsp3) is 0.562. The third-order valence-corrected chi connectivity index (χ3v) is 2.77. The number of carbonyl (C=O) groups is 1. The molecule has 0 N–H and O–H groups in total. The summed E-state index contributed by atoms with van der Waals surface area (Å²) in [6.07, 6.45) is 7.39. The van der Waals surface area contributed by atoms with Crippen molar-refractivity contribution in [2.75, 3.05) is 0 Å². The molecule has 0 aromatic rings. The maximum atomic E-state index is 11.4. The molecule has 1 nitrogen and oxygen atoms in total. The number of hydrogen-bond donors (Lipinski definition) is 0. The number of hydrogen-bond acceptors (Lipinski definition) is 1. The Bertz CT molecular complexity index is 346. The van der Waals surface area contributed by atoms with Gasteiger partial charge in [0.15, 0.2) is 5.78 Å². The van der Waals surface area contributed by atoms with Crippen molar-refractivity contribution in [1.82, 2.24) is 0 Å². The quantitative estimate of drug-likeness (QED) is 0.467. The van der Waals surface area contributed by atoms with Gasteiger partial charge in [0.1, 0.15) is 0 Å². The second kappa shape index (κ2) is 8.05. The van der Waals surface area contributed by atoms with Crippen LogP contribution in [0.1, 0.15) is 60.8 Å². The van der Waals surface area contributed by atoms with E-state index in [1.165, 1.54) is 11.1 Å². The fourth-order valence-corrected chi connectivity index (χ4v) is 1.67. The van der Waals surface area contributed by atoms with Crippen LogP contribution in [0.15, 0.2) is 34.4 Å². The summed E-state index contributed by atoms with van der Waals surface area (Å²) >= 11 is 0. The lowest BCUT2D eigenvalue weighted by Crippen LogP contribution is -1.98. The molecule has 0 spiro atoms. The number of ketones is 1. The molecule has 0 aromatic heterocycles. The molecular formula is C16H26O. The molecule has 0 atom stereocenters. The van der Waals surface area contributed by atoms with Crippen LogP contribution < -0.4 is 0 Å². The maximum Gasteiger partial charge on any atom is 0.156 e. The smallest absolute Gasteiger partial charge is 0.156 e. The van der Waals surface area contributed by atoms with E-state index in [2.05, 4.69) is 32.9 Å². The van der Waals surface area contributed by atoms with Gasteiger partial charge in [-0.1, -0.05) is 28.9 Å². The highest BCUT2D eigenvalue weighted by atomic mass is 16.1. The van der Waals surface area contributed by atoms with Gasteiger partial charge in [-0.25, -0.2) is 0 Å². The summed E-state index contributed by atoms with van der Waals surface area (Å²) in [7, 11) is 0. The highest BCUT2D eigenvalue weighted by molar-refractivity contribution is 5.94. The molecule has 0 unspecified atom stereocenters. The normalized spacial score (nSPS) is 11.1. The van der Waals surface area contributed by atoms with Gasteiger partial charge in [0.25, 0.3) is 0 Å². The Morgan fingerprint density at radius 3 is 1.94 bits per heavy atom. The van der Waals surface area contributed by atoms with Crippen LogP contribution in [0, 0.1) is 0 Å². The van der Waals surface area contributed by atoms with Crippen LogP contribution >= 0.6 is 0 Å². The number of Topliss-reactive ketones (excluding diaryl/α,β-unsaturated/α-hetero) is 1. The summed E-state index contributed by atoms with van der Waals surface area (Å²) in [5, 5.41) is 0. The molecular weight excluding hydrogens is 208 g/mol. The summed E-state index contributed by atoms with van der Waals surface area (Å²) in [6.45, 7) is 12.0. The van der Waals surface area contributed by atoms with Crippen LogP contribution in [0.4, 0.5) is 0 Å². The summed E-state index contributed by atoms with van der Waals surface area (Å²) in [6, 6.07) is 0.